The molecule has 0 saturated heterocycles. The molecule has 6 heteroatoms. The van der Waals surface area contributed by atoms with E-state index >= 15 is 0 Å². The molecule has 19 heavy (non-hydrogen) atoms. The second-order valence-corrected chi connectivity index (χ2v) is 4.40. The molecule has 2 atom stereocenters. The molecule has 1 rings (SSSR count). The lowest BCUT2D eigenvalue weighted by Gasteiger charge is -2.23. The first kappa shape index (κ1) is 15.5. The smallest absolute Gasteiger partial charge is 0.317 e. The average Bonchev–Trinajstić information content (AvgIpc) is 2.83. The van der Waals surface area contributed by atoms with Gasteiger partial charge < -0.3 is 20.1 Å². The van der Waals surface area contributed by atoms with Crippen LogP contribution in [0.4, 0.5) is 4.79 Å². The lowest BCUT2D eigenvalue weighted by atomic mass is 10.1. The van der Waals surface area contributed by atoms with Crippen molar-refractivity contribution in [3.63, 3.8) is 0 Å². The maximum Gasteiger partial charge on any atom is 0.317 e. The van der Waals surface area contributed by atoms with Crippen LogP contribution in [-0.2, 0) is 9.53 Å². The Morgan fingerprint density at radius 2 is 2.16 bits per heavy atom. The molecule has 1 aliphatic rings. The van der Waals surface area contributed by atoms with Crippen LogP contribution in [-0.4, -0.2) is 54.4 Å². The minimum absolute atomic E-state index is 0.178. The molecule has 6 nitrogen and oxygen atoms in total. The molecule has 0 heterocycles. The van der Waals surface area contributed by atoms with E-state index in [1.807, 2.05) is 13.8 Å². The van der Waals surface area contributed by atoms with Crippen LogP contribution in [0.5, 0.6) is 0 Å². The number of carboxylic acids is 1. The molecule has 0 aromatic rings. The number of nitrogens with one attached hydrogen (secondary N) is 1. The Hall–Kier alpha value is -1.56. The summed E-state index contributed by atoms with van der Waals surface area (Å²) in [4.78, 5) is 24.4. The predicted molar refractivity (Wildman–Crippen MR) is 70.9 cm³/mol. The fraction of sp³-hybridized carbons (Fsp3) is 0.692. The van der Waals surface area contributed by atoms with Gasteiger partial charge >= 0.3 is 12.0 Å². The Balaban J connectivity index is 2.37. The molecule has 2 unspecified atom stereocenters. The number of nitrogens with zero attached hydrogens (tertiary/aromatic N) is 1. The van der Waals surface area contributed by atoms with Crippen molar-refractivity contribution in [3.05, 3.63) is 12.2 Å². The van der Waals surface area contributed by atoms with E-state index in [0.29, 0.717) is 32.7 Å². The summed E-state index contributed by atoms with van der Waals surface area (Å²) in [6, 6.07) is -0.377. The number of ether oxygens (including phenoxy) is 1. The minimum Gasteiger partial charge on any atom is -0.481 e. The number of carboxylic acid groups (broad SMARTS) is 1. The Labute approximate surface area is 113 Å². The van der Waals surface area contributed by atoms with Crippen molar-refractivity contribution >= 4 is 12.0 Å². The number of hydrogen-bond donors (Lipinski definition) is 2. The number of amides is 2. The first-order valence-electron chi connectivity index (χ1n) is 6.62. The van der Waals surface area contributed by atoms with Gasteiger partial charge in [-0.2, -0.15) is 0 Å². The summed E-state index contributed by atoms with van der Waals surface area (Å²) in [5.41, 5.74) is 0. The van der Waals surface area contributed by atoms with E-state index in [-0.39, 0.29) is 12.1 Å². The zero-order valence-corrected chi connectivity index (χ0v) is 11.5. The number of hydrogen-bond acceptors (Lipinski definition) is 3. The third-order valence-corrected chi connectivity index (χ3v) is 3.09. The van der Waals surface area contributed by atoms with Crippen molar-refractivity contribution in [1.82, 2.24) is 10.2 Å². The van der Waals surface area contributed by atoms with E-state index in [2.05, 4.69) is 5.32 Å². The number of rotatable bonds is 7. The lowest BCUT2D eigenvalue weighted by Crippen LogP contribution is -2.45. The molecule has 2 amide bonds. The van der Waals surface area contributed by atoms with Gasteiger partial charge in [-0.05, 0) is 20.3 Å². The van der Waals surface area contributed by atoms with Gasteiger partial charge in [0.15, 0.2) is 0 Å². The predicted octanol–water partition coefficient (Wildman–Crippen LogP) is 1.08. The maximum absolute atomic E-state index is 12.0. The average molecular weight is 270 g/mol. The topological polar surface area (TPSA) is 78.9 Å². The number of carbonyl (C=O) groups excluding carboxylic acids is 1. The van der Waals surface area contributed by atoms with Crippen LogP contribution in [0.25, 0.3) is 0 Å². The van der Waals surface area contributed by atoms with Crippen molar-refractivity contribution in [2.75, 3.05) is 26.3 Å². The Kier molecular flexibility index (Phi) is 6.35. The Morgan fingerprint density at radius 3 is 2.68 bits per heavy atom. The van der Waals surface area contributed by atoms with Crippen LogP contribution in [0.2, 0.25) is 0 Å². The monoisotopic (exact) mass is 270 g/mol. The van der Waals surface area contributed by atoms with Gasteiger partial charge in [0.2, 0.25) is 0 Å². The highest BCUT2D eigenvalue weighted by molar-refractivity contribution is 5.76. The summed E-state index contributed by atoms with van der Waals surface area (Å²) in [5, 5.41) is 11.7. The quantitative estimate of drug-likeness (QED) is 0.536. The highest BCUT2D eigenvalue weighted by atomic mass is 16.5. The molecule has 1 aliphatic carbocycles. The van der Waals surface area contributed by atoms with Gasteiger partial charge in [-0.3, -0.25) is 4.79 Å². The Morgan fingerprint density at radius 1 is 1.42 bits per heavy atom. The summed E-state index contributed by atoms with van der Waals surface area (Å²) < 4.78 is 5.22. The van der Waals surface area contributed by atoms with E-state index in [0.717, 1.165) is 0 Å². The second kappa shape index (κ2) is 7.78. The van der Waals surface area contributed by atoms with Crippen LogP contribution in [0.1, 0.15) is 20.3 Å². The van der Waals surface area contributed by atoms with Crippen molar-refractivity contribution in [2.45, 2.75) is 26.3 Å². The Bertz CT molecular complexity index is 344. The van der Waals surface area contributed by atoms with Crippen molar-refractivity contribution in [2.24, 2.45) is 5.92 Å². The molecule has 2 N–H and O–H groups in total. The fourth-order valence-electron chi connectivity index (χ4n) is 1.96. The molecule has 0 aliphatic heterocycles. The third-order valence-electron chi connectivity index (χ3n) is 3.09. The number of aliphatic carboxylic acids is 1. The summed E-state index contributed by atoms with van der Waals surface area (Å²) in [6.45, 7) is 6.08. The van der Waals surface area contributed by atoms with Gasteiger partial charge in [-0.25, -0.2) is 4.79 Å². The molecule has 0 spiro atoms. The van der Waals surface area contributed by atoms with E-state index in [1.165, 1.54) is 0 Å². The third kappa shape index (κ3) is 4.90. The fourth-order valence-corrected chi connectivity index (χ4v) is 1.96. The summed E-state index contributed by atoms with van der Waals surface area (Å²) in [6.07, 6.45) is 3.79. The molecule has 0 aromatic heterocycles. The van der Waals surface area contributed by atoms with E-state index < -0.39 is 11.9 Å². The highest BCUT2D eigenvalue weighted by Crippen LogP contribution is 2.18. The standard InChI is InChI=1S/C13H22N2O4/c1-3-15(7-8-19-4-2)13(18)14-11-6-5-10(9-11)12(16)17/h5-6,10-11H,3-4,7-9H2,1-2H3,(H,14,18)(H,16,17). The lowest BCUT2D eigenvalue weighted by molar-refractivity contribution is -0.140. The number of carbonyl (C=O) groups is 2. The van der Waals surface area contributed by atoms with Gasteiger partial charge in [0.05, 0.1) is 18.6 Å². The number of urea groups is 1. The largest absolute Gasteiger partial charge is 0.481 e. The van der Waals surface area contributed by atoms with Crippen LogP contribution in [0, 0.1) is 5.92 Å². The van der Waals surface area contributed by atoms with Crippen LogP contribution in [0.15, 0.2) is 12.2 Å². The first-order valence-corrected chi connectivity index (χ1v) is 6.62. The molecule has 0 bridgehead atoms. The van der Waals surface area contributed by atoms with Gasteiger partial charge in [0.25, 0.3) is 0 Å². The summed E-state index contributed by atoms with van der Waals surface area (Å²) >= 11 is 0. The van der Waals surface area contributed by atoms with Crippen LogP contribution in [0.3, 0.4) is 0 Å². The van der Waals surface area contributed by atoms with E-state index in [1.54, 1.807) is 17.1 Å². The SMILES string of the molecule is CCOCCN(CC)C(=O)NC1C=CC(C(=O)O)C1. The maximum atomic E-state index is 12.0. The van der Waals surface area contributed by atoms with Gasteiger partial charge in [0, 0.05) is 19.7 Å². The number of likely N-dealkylation sites (N-methyl/N-ethyl adjacent to an activating group) is 1. The van der Waals surface area contributed by atoms with Gasteiger partial charge in [-0.15, -0.1) is 0 Å². The molecule has 0 aromatic carbocycles. The van der Waals surface area contributed by atoms with Gasteiger partial charge in [0.1, 0.15) is 0 Å². The minimum atomic E-state index is -0.850. The van der Waals surface area contributed by atoms with Crippen molar-refractivity contribution in [3.8, 4) is 0 Å². The zero-order chi connectivity index (χ0) is 14.3. The van der Waals surface area contributed by atoms with E-state index in [9.17, 15) is 9.59 Å². The normalized spacial score (nSPS) is 21.4. The molecule has 0 fully saturated rings. The molecule has 108 valence electrons. The summed E-state index contributed by atoms with van der Waals surface area (Å²) in [7, 11) is 0. The van der Waals surface area contributed by atoms with Crippen LogP contribution < -0.4 is 5.32 Å². The van der Waals surface area contributed by atoms with E-state index in [4.69, 9.17) is 9.84 Å². The second-order valence-electron chi connectivity index (χ2n) is 4.40. The first-order chi connectivity index (χ1) is 9.08. The molecular weight excluding hydrogens is 248 g/mol. The molecular formula is C13H22N2O4. The van der Waals surface area contributed by atoms with Crippen LogP contribution >= 0.6 is 0 Å². The summed E-state index contributed by atoms with van der Waals surface area (Å²) in [5.74, 6) is -1.35. The zero-order valence-electron chi connectivity index (χ0n) is 11.5. The van der Waals surface area contributed by atoms with Crippen molar-refractivity contribution < 1.29 is 19.4 Å². The highest BCUT2D eigenvalue weighted by Gasteiger charge is 2.26. The van der Waals surface area contributed by atoms with Crippen molar-refractivity contribution in [1.29, 1.82) is 0 Å². The molecule has 0 saturated carbocycles. The molecule has 0 radical (unpaired) electrons. The van der Waals surface area contributed by atoms with Gasteiger partial charge in [-0.1, -0.05) is 12.2 Å².